The summed E-state index contributed by atoms with van der Waals surface area (Å²) < 4.78 is 7.05. The maximum absolute atomic E-state index is 12.7. The zero-order chi connectivity index (χ0) is 17.3. The minimum absolute atomic E-state index is 0.0961. The van der Waals surface area contributed by atoms with Gasteiger partial charge in [-0.3, -0.25) is 9.59 Å². The van der Waals surface area contributed by atoms with Gasteiger partial charge >= 0.3 is 0 Å². The highest BCUT2D eigenvalue weighted by Crippen LogP contribution is 2.23. The molecule has 0 spiro atoms. The fraction of sp³-hybridized carbons (Fsp3) is 0.158. The summed E-state index contributed by atoms with van der Waals surface area (Å²) >= 11 is 0. The van der Waals surface area contributed by atoms with Gasteiger partial charge in [-0.1, -0.05) is 23.8 Å². The molecule has 1 N–H and O–H groups in total. The molecule has 2 aromatic carbocycles. The van der Waals surface area contributed by atoms with Crippen LogP contribution in [-0.4, -0.2) is 17.6 Å². The molecule has 5 heteroatoms. The van der Waals surface area contributed by atoms with Crippen LogP contribution < -0.4 is 15.5 Å². The molecule has 122 valence electrons. The number of methoxy groups -OCH3 is 1. The van der Waals surface area contributed by atoms with E-state index >= 15 is 0 Å². The molecule has 5 nitrogen and oxygen atoms in total. The van der Waals surface area contributed by atoms with Crippen molar-refractivity contribution in [2.75, 3.05) is 12.4 Å². The third-order valence-corrected chi connectivity index (χ3v) is 3.94. The first-order valence-electron chi connectivity index (χ1n) is 7.55. The van der Waals surface area contributed by atoms with Gasteiger partial charge in [-0.2, -0.15) is 0 Å². The number of carbonyl (C=O) groups excluding carboxylic acids is 1. The van der Waals surface area contributed by atoms with Crippen molar-refractivity contribution in [1.29, 1.82) is 0 Å². The lowest BCUT2D eigenvalue weighted by Crippen LogP contribution is -2.23. The van der Waals surface area contributed by atoms with Crippen molar-refractivity contribution < 1.29 is 9.53 Å². The number of anilines is 1. The summed E-state index contributed by atoms with van der Waals surface area (Å²) in [4.78, 5) is 25.2. The molecule has 0 saturated heterocycles. The normalized spacial score (nSPS) is 10.6. The van der Waals surface area contributed by atoms with Crippen molar-refractivity contribution in [3.05, 3.63) is 70.0 Å². The Balaban J connectivity index is 2.07. The molecule has 3 rings (SSSR count). The number of hydrogen-bond acceptors (Lipinski definition) is 3. The quantitative estimate of drug-likeness (QED) is 0.806. The summed E-state index contributed by atoms with van der Waals surface area (Å²) in [5.74, 6) is 0.168. The SMILES string of the molecule is COc1cccc2c(=O)c(C(=O)Nc3ccc(C)cc3)cn(C)c12. The van der Waals surface area contributed by atoms with E-state index in [4.69, 9.17) is 4.74 Å². The average molecular weight is 322 g/mol. The van der Waals surface area contributed by atoms with Gasteiger partial charge in [0.15, 0.2) is 0 Å². The Bertz CT molecular complexity index is 972. The van der Waals surface area contributed by atoms with Gasteiger partial charge in [0.1, 0.15) is 11.3 Å². The molecule has 0 fully saturated rings. The highest BCUT2D eigenvalue weighted by Gasteiger charge is 2.16. The Labute approximate surface area is 139 Å². The fourth-order valence-electron chi connectivity index (χ4n) is 2.69. The number of nitrogens with zero attached hydrogens (tertiary/aromatic N) is 1. The number of aryl methyl sites for hydroxylation is 2. The van der Waals surface area contributed by atoms with Crippen LogP contribution >= 0.6 is 0 Å². The number of aromatic nitrogens is 1. The molecule has 0 aliphatic rings. The largest absolute Gasteiger partial charge is 0.495 e. The van der Waals surface area contributed by atoms with Gasteiger partial charge in [-0.25, -0.2) is 0 Å². The number of para-hydroxylation sites is 1. The van der Waals surface area contributed by atoms with Gasteiger partial charge in [0.05, 0.1) is 18.0 Å². The number of fused-ring (bicyclic) bond motifs is 1. The van der Waals surface area contributed by atoms with Crippen LogP contribution in [0.15, 0.2) is 53.5 Å². The summed E-state index contributed by atoms with van der Waals surface area (Å²) in [6, 6.07) is 12.6. The number of carbonyl (C=O) groups is 1. The number of benzene rings is 2. The van der Waals surface area contributed by atoms with Gasteiger partial charge in [-0.15, -0.1) is 0 Å². The molecule has 3 aromatic rings. The Morgan fingerprint density at radius 2 is 1.83 bits per heavy atom. The number of nitrogens with one attached hydrogen (secondary N) is 1. The predicted molar refractivity (Wildman–Crippen MR) is 94.9 cm³/mol. The first-order chi connectivity index (χ1) is 11.5. The summed E-state index contributed by atoms with van der Waals surface area (Å²) in [7, 11) is 3.34. The van der Waals surface area contributed by atoms with E-state index < -0.39 is 5.91 Å². The van der Waals surface area contributed by atoms with Crippen LogP contribution in [0.4, 0.5) is 5.69 Å². The van der Waals surface area contributed by atoms with Crippen molar-refractivity contribution in [2.24, 2.45) is 7.05 Å². The molecule has 1 amide bonds. The van der Waals surface area contributed by atoms with Crippen LogP contribution in [0.2, 0.25) is 0 Å². The maximum Gasteiger partial charge on any atom is 0.261 e. The molecule has 24 heavy (non-hydrogen) atoms. The van der Waals surface area contributed by atoms with Crippen molar-refractivity contribution >= 4 is 22.5 Å². The second kappa shape index (κ2) is 6.20. The maximum atomic E-state index is 12.7. The van der Waals surface area contributed by atoms with E-state index in [0.717, 1.165) is 5.56 Å². The lowest BCUT2D eigenvalue weighted by Gasteiger charge is -2.12. The van der Waals surface area contributed by atoms with E-state index in [-0.39, 0.29) is 11.0 Å². The monoisotopic (exact) mass is 322 g/mol. The van der Waals surface area contributed by atoms with Crippen LogP contribution in [-0.2, 0) is 7.05 Å². The lowest BCUT2D eigenvalue weighted by atomic mass is 10.1. The molecule has 0 aliphatic heterocycles. The third kappa shape index (κ3) is 2.76. The predicted octanol–water partition coefficient (Wildman–Crippen LogP) is 3.11. The Kier molecular flexibility index (Phi) is 4.08. The topological polar surface area (TPSA) is 60.3 Å². The molecule has 0 aliphatic carbocycles. The van der Waals surface area contributed by atoms with Crippen molar-refractivity contribution in [2.45, 2.75) is 6.92 Å². The number of amides is 1. The van der Waals surface area contributed by atoms with E-state index in [1.165, 1.54) is 6.20 Å². The molecule has 1 aromatic heterocycles. The zero-order valence-corrected chi connectivity index (χ0v) is 13.8. The molecule has 0 atom stereocenters. The number of rotatable bonds is 3. The van der Waals surface area contributed by atoms with Crippen molar-refractivity contribution in [3.63, 3.8) is 0 Å². The number of ether oxygens (including phenoxy) is 1. The molecule has 0 radical (unpaired) electrons. The first kappa shape index (κ1) is 15.8. The van der Waals surface area contributed by atoms with Gasteiger partial charge in [0.25, 0.3) is 5.91 Å². The first-order valence-corrected chi connectivity index (χ1v) is 7.55. The molecule has 0 saturated carbocycles. The molecule has 0 bridgehead atoms. The van der Waals surface area contributed by atoms with Crippen LogP contribution in [0.5, 0.6) is 5.75 Å². The summed E-state index contributed by atoms with van der Waals surface area (Å²) in [5.41, 5.74) is 2.20. The number of hydrogen-bond donors (Lipinski definition) is 1. The third-order valence-electron chi connectivity index (χ3n) is 3.94. The van der Waals surface area contributed by atoms with E-state index in [0.29, 0.717) is 22.3 Å². The van der Waals surface area contributed by atoms with Gasteiger partial charge in [0.2, 0.25) is 5.43 Å². The minimum atomic E-state index is -0.427. The summed E-state index contributed by atoms with van der Waals surface area (Å²) in [6.45, 7) is 1.97. The molecular formula is C19H18N2O3. The van der Waals surface area contributed by atoms with Crippen LogP contribution in [0.1, 0.15) is 15.9 Å². The van der Waals surface area contributed by atoms with Gasteiger partial charge in [-0.05, 0) is 31.2 Å². The molecular weight excluding hydrogens is 304 g/mol. The Morgan fingerprint density at radius 3 is 2.50 bits per heavy atom. The van der Waals surface area contributed by atoms with Gasteiger partial charge in [0, 0.05) is 18.9 Å². The Hall–Kier alpha value is -3.08. The second-order valence-corrected chi connectivity index (χ2v) is 5.66. The van der Waals surface area contributed by atoms with E-state index in [9.17, 15) is 9.59 Å². The number of pyridine rings is 1. The highest BCUT2D eigenvalue weighted by atomic mass is 16.5. The molecule has 0 unspecified atom stereocenters. The van der Waals surface area contributed by atoms with E-state index in [2.05, 4.69) is 5.32 Å². The standard InChI is InChI=1S/C19H18N2O3/c1-12-7-9-13(10-8-12)20-19(23)15-11-21(2)17-14(18(15)22)5-4-6-16(17)24-3/h4-11H,1-3H3,(H,20,23). The summed E-state index contributed by atoms with van der Waals surface area (Å²) in [5, 5.41) is 3.22. The van der Waals surface area contributed by atoms with Crippen LogP contribution in [0.3, 0.4) is 0 Å². The van der Waals surface area contributed by atoms with Crippen LogP contribution in [0, 0.1) is 6.92 Å². The summed E-state index contributed by atoms with van der Waals surface area (Å²) in [6.07, 6.45) is 1.54. The van der Waals surface area contributed by atoms with Crippen LogP contribution in [0.25, 0.3) is 10.9 Å². The smallest absolute Gasteiger partial charge is 0.261 e. The van der Waals surface area contributed by atoms with E-state index in [1.807, 2.05) is 31.2 Å². The molecule has 1 heterocycles. The van der Waals surface area contributed by atoms with Crippen molar-refractivity contribution in [3.8, 4) is 5.75 Å². The van der Waals surface area contributed by atoms with Gasteiger partial charge < -0.3 is 14.6 Å². The average Bonchev–Trinajstić information content (AvgIpc) is 2.59. The highest BCUT2D eigenvalue weighted by molar-refractivity contribution is 6.06. The lowest BCUT2D eigenvalue weighted by molar-refractivity contribution is 0.102. The second-order valence-electron chi connectivity index (χ2n) is 5.66. The zero-order valence-electron chi connectivity index (χ0n) is 13.8. The Morgan fingerprint density at radius 1 is 1.12 bits per heavy atom. The fourth-order valence-corrected chi connectivity index (χ4v) is 2.69. The van der Waals surface area contributed by atoms with E-state index in [1.54, 1.807) is 36.9 Å². The minimum Gasteiger partial charge on any atom is -0.495 e. The van der Waals surface area contributed by atoms with Crippen molar-refractivity contribution in [1.82, 2.24) is 4.57 Å².